The highest BCUT2D eigenvalue weighted by Gasteiger charge is 2.22. The second-order valence-corrected chi connectivity index (χ2v) is 11.8. The van der Waals surface area contributed by atoms with Gasteiger partial charge in [0.2, 0.25) is 17.8 Å². The van der Waals surface area contributed by atoms with E-state index in [0.717, 1.165) is 10.6 Å². The van der Waals surface area contributed by atoms with Crippen LogP contribution in [-0.4, -0.2) is 58.8 Å². The summed E-state index contributed by atoms with van der Waals surface area (Å²) in [5.74, 6) is 0.559. The number of alkyl carbamates (subject to hydrolysis) is 1. The molecule has 42 heavy (non-hydrogen) atoms. The quantitative estimate of drug-likeness (QED) is 0.189. The fourth-order valence-corrected chi connectivity index (χ4v) is 4.36. The molecule has 11 nitrogen and oxygen atoms in total. The molecule has 226 valence electrons. The number of benzene rings is 2. The Labute approximate surface area is 249 Å². The third-order valence-electron chi connectivity index (χ3n) is 5.38. The number of nitrogens with zero attached hydrogens (tertiary/aromatic N) is 3. The molecule has 1 heterocycles. The number of nitrogens with one attached hydrogen (secondary N) is 4. The molecule has 0 fully saturated rings. The number of carbonyl (C=O) groups excluding carboxylic acids is 2. The third kappa shape index (κ3) is 11.4. The van der Waals surface area contributed by atoms with Crippen LogP contribution in [-0.2, 0) is 9.53 Å². The summed E-state index contributed by atoms with van der Waals surface area (Å²) in [6.07, 6.45) is -0.0658. The van der Waals surface area contributed by atoms with Crippen LogP contribution in [0.25, 0.3) is 0 Å². The maximum Gasteiger partial charge on any atom is 0.407 e. The van der Waals surface area contributed by atoms with Crippen LogP contribution in [0.15, 0.2) is 58.6 Å². The summed E-state index contributed by atoms with van der Waals surface area (Å²) in [6.45, 7) is 9.73. The highest BCUT2D eigenvalue weighted by atomic mass is 32.2. The first kappa shape index (κ1) is 32.4. The molecule has 0 saturated carbocycles. The average molecular weight is 600 g/mol. The molecule has 13 heteroatoms. The van der Waals surface area contributed by atoms with Gasteiger partial charge in [0.1, 0.15) is 23.2 Å². The van der Waals surface area contributed by atoms with Crippen LogP contribution in [0, 0.1) is 11.7 Å². The molecule has 0 saturated heterocycles. The standard InChI is InChI=1S/C29H38FN7O4S/c1-18(2)16-23(24(38)31-14-15-32-28(39)41-29(3,4)5)34-26-35-25(33-20-9-7-8-19(30)17-20)36-27(37-26)42-22-12-10-21(40-6)11-13-22/h7-13,17-18,23H,14-16H2,1-6H3,(H,31,38)(H,32,39)(H2,33,34,35,36,37)/t23-/m0/s1. The van der Waals surface area contributed by atoms with Crippen LogP contribution in [0.1, 0.15) is 41.0 Å². The number of halogens is 1. The van der Waals surface area contributed by atoms with Crippen molar-refractivity contribution in [3.8, 4) is 5.75 Å². The van der Waals surface area contributed by atoms with Gasteiger partial charge in [-0.1, -0.05) is 19.9 Å². The fourth-order valence-electron chi connectivity index (χ4n) is 3.61. The van der Waals surface area contributed by atoms with Crippen molar-refractivity contribution in [2.75, 3.05) is 30.8 Å². The zero-order valence-corrected chi connectivity index (χ0v) is 25.5. The van der Waals surface area contributed by atoms with Gasteiger partial charge in [-0.2, -0.15) is 15.0 Å². The zero-order valence-electron chi connectivity index (χ0n) is 24.7. The van der Waals surface area contributed by atoms with Crippen molar-refractivity contribution in [2.45, 2.75) is 62.7 Å². The van der Waals surface area contributed by atoms with Gasteiger partial charge in [-0.25, -0.2) is 9.18 Å². The van der Waals surface area contributed by atoms with Crippen LogP contribution in [0.3, 0.4) is 0 Å². The maximum atomic E-state index is 13.8. The monoisotopic (exact) mass is 599 g/mol. The number of methoxy groups -OCH3 is 1. The molecule has 0 spiro atoms. The Balaban J connectivity index is 1.77. The molecular weight excluding hydrogens is 561 g/mol. The fraction of sp³-hybridized carbons (Fsp3) is 0.414. The van der Waals surface area contributed by atoms with Crippen molar-refractivity contribution in [1.82, 2.24) is 25.6 Å². The van der Waals surface area contributed by atoms with Crippen molar-refractivity contribution in [3.05, 3.63) is 54.3 Å². The van der Waals surface area contributed by atoms with Gasteiger partial charge in [-0.05, 0) is 87.3 Å². The first-order valence-electron chi connectivity index (χ1n) is 13.5. The van der Waals surface area contributed by atoms with Crippen LogP contribution in [0.2, 0.25) is 0 Å². The summed E-state index contributed by atoms with van der Waals surface area (Å²) in [4.78, 5) is 39.4. The Morgan fingerprint density at radius 1 is 0.976 bits per heavy atom. The Morgan fingerprint density at radius 3 is 2.31 bits per heavy atom. The second-order valence-electron chi connectivity index (χ2n) is 10.7. The molecule has 1 atom stereocenters. The number of amides is 2. The van der Waals surface area contributed by atoms with Gasteiger partial charge < -0.3 is 30.7 Å². The topological polar surface area (TPSA) is 139 Å². The first-order valence-corrected chi connectivity index (χ1v) is 14.3. The number of hydrogen-bond acceptors (Lipinski definition) is 10. The summed E-state index contributed by atoms with van der Waals surface area (Å²) in [5.41, 5.74) is -0.154. The van der Waals surface area contributed by atoms with E-state index in [4.69, 9.17) is 9.47 Å². The predicted octanol–water partition coefficient (Wildman–Crippen LogP) is 5.38. The van der Waals surface area contributed by atoms with E-state index in [1.165, 1.54) is 23.9 Å². The van der Waals surface area contributed by atoms with Crippen LogP contribution in [0.5, 0.6) is 5.75 Å². The summed E-state index contributed by atoms with van der Waals surface area (Å²) in [7, 11) is 1.59. The van der Waals surface area contributed by atoms with Crippen molar-refractivity contribution in [2.24, 2.45) is 5.92 Å². The van der Waals surface area contributed by atoms with Crippen molar-refractivity contribution in [3.63, 3.8) is 0 Å². The molecule has 4 N–H and O–H groups in total. The van der Waals surface area contributed by atoms with Crippen molar-refractivity contribution >= 4 is 41.3 Å². The van der Waals surface area contributed by atoms with Crippen LogP contribution < -0.4 is 26.0 Å². The number of carbonyl (C=O) groups is 2. The lowest BCUT2D eigenvalue weighted by atomic mass is 10.0. The molecule has 3 rings (SSSR count). The van der Waals surface area contributed by atoms with Crippen molar-refractivity contribution in [1.29, 1.82) is 0 Å². The molecule has 0 radical (unpaired) electrons. The molecule has 0 aliphatic heterocycles. The highest BCUT2D eigenvalue weighted by molar-refractivity contribution is 7.99. The lowest BCUT2D eigenvalue weighted by Gasteiger charge is -2.21. The van der Waals surface area contributed by atoms with E-state index in [0.29, 0.717) is 17.3 Å². The molecule has 0 unspecified atom stereocenters. The van der Waals surface area contributed by atoms with E-state index < -0.39 is 23.6 Å². The van der Waals surface area contributed by atoms with E-state index in [1.54, 1.807) is 40.0 Å². The molecule has 3 aromatic rings. The maximum absolute atomic E-state index is 13.8. The van der Waals surface area contributed by atoms with E-state index in [1.807, 2.05) is 38.1 Å². The van der Waals surface area contributed by atoms with Crippen molar-refractivity contribution < 1.29 is 23.5 Å². The minimum atomic E-state index is -0.671. The van der Waals surface area contributed by atoms with Gasteiger partial charge in [-0.15, -0.1) is 0 Å². The molecule has 0 aliphatic rings. The van der Waals surface area contributed by atoms with Gasteiger partial charge in [-0.3, -0.25) is 4.79 Å². The summed E-state index contributed by atoms with van der Waals surface area (Å²) in [5, 5.41) is 12.0. The Bertz CT molecular complexity index is 1340. The molecule has 0 bridgehead atoms. The number of anilines is 3. The van der Waals surface area contributed by atoms with E-state index >= 15 is 0 Å². The lowest BCUT2D eigenvalue weighted by molar-refractivity contribution is -0.122. The minimum absolute atomic E-state index is 0.174. The Morgan fingerprint density at radius 2 is 1.67 bits per heavy atom. The van der Waals surface area contributed by atoms with Crippen LogP contribution >= 0.6 is 11.8 Å². The molecular formula is C29H38FN7O4S. The number of aromatic nitrogens is 3. The number of rotatable bonds is 13. The molecule has 2 amide bonds. The summed E-state index contributed by atoms with van der Waals surface area (Å²) < 4.78 is 24.3. The SMILES string of the molecule is COc1ccc(Sc2nc(Nc3cccc(F)c3)nc(N[C@@H](CC(C)C)C(=O)NCCNC(=O)OC(C)(C)C)n2)cc1. The van der Waals surface area contributed by atoms with E-state index in [2.05, 4.69) is 36.2 Å². The lowest BCUT2D eigenvalue weighted by Crippen LogP contribution is -2.44. The molecule has 1 aromatic heterocycles. The van der Waals surface area contributed by atoms with Gasteiger partial charge in [0.25, 0.3) is 0 Å². The summed E-state index contributed by atoms with van der Waals surface area (Å²) in [6, 6.07) is 12.7. The highest BCUT2D eigenvalue weighted by Crippen LogP contribution is 2.28. The van der Waals surface area contributed by atoms with Crippen LogP contribution in [0.4, 0.5) is 26.8 Å². The normalized spacial score (nSPS) is 11.9. The average Bonchev–Trinajstić information content (AvgIpc) is 2.90. The summed E-state index contributed by atoms with van der Waals surface area (Å²) >= 11 is 1.30. The van der Waals surface area contributed by atoms with Gasteiger partial charge in [0, 0.05) is 23.7 Å². The molecule has 2 aromatic carbocycles. The van der Waals surface area contributed by atoms with E-state index in [9.17, 15) is 14.0 Å². The first-order chi connectivity index (χ1) is 19.9. The van der Waals surface area contributed by atoms with E-state index in [-0.39, 0.29) is 36.8 Å². The molecule has 0 aliphatic carbocycles. The minimum Gasteiger partial charge on any atom is -0.497 e. The predicted molar refractivity (Wildman–Crippen MR) is 161 cm³/mol. The number of hydrogen-bond donors (Lipinski definition) is 4. The zero-order chi connectivity index (χ0) is 30.7. The largest absolute Gasteiger partial charge is 0.497 e. The smallest absolute Gasteiger partial charge is 0.407 e. The van der Waals surface area contributed by atoms with Gasteiger partial charge >= 0.3 is 6.09 Å². The van der Waals surface area contributed by atoms with Gasteiger partial charge in [0.15, 0.2) is 5.16 Å². The Kier molecular flexibility index (Phi) is 11.7. The number of ether oxygens (including phenoxy) is 2. The second kappa shape index (κ2) is 15.2. The Hall–Kier alpha value is -4.13. The third-order valence-corrected chi connectivity index (χ3v) is 6.26. The van der Waals surface area contributed by atoms with Gasteiger partial charge in [0.05, 0.1) is 7.11 Å².